The number of aryl methyl sites for hydroxylation is 1. The van der Waals surface area contributed by atoms with Crippen molar-refractivity contribution in [3.05, 3.63) is 66.7 Å². The second-order valence-electron chi connectivity index (χ2n) is 4.01. The summed E-state index contributed by atoms with van der Waals surface area (Å²) < 4.78 is 29.0. The van der Waals surface area contributed by atoms with E-state index >= 15 is 0 Å². The molecule has 0 unspecified atom stereocenters. The van der Waals surface area contributed by atoms with Gasteiger partial charge in [-0.15, -0.1) is 0 Å². The largest absolute Gasteiger partial charge is 0.288 e. The Morgan fingerprint density at radius 3 is 2.58 bits per heavy atom. The van der Waals surface area contributed by atoms with Crippen molar-refractivity contribution in [1.82, 2.24) is 0 Å². The first kappa shape index (κ1) is 14.6. The fraction of sp³-hybridized carbons (Fsp3) is 0.0714. The second-order valence-corrected chi connectivity index (χ2v) is 6.11. The maximum absolute atomic E-state index is 14.0. The Hall–Kier alpha value is -0.820. The van der Waals surface area contributed by atoms with E-state index in [0.717, 1.165) is 9.64 Å². The number of hydrogen-bond acceptors (Lipinski definition) is 1. The van der Waals surface area contributed by atoms with Crippen molar-refractivity contribution in [3.8, 4) is 0 Å². The van der Waals surface area contributed by atoms with Crippen LogP contribution in [0.1, 0.15) is 21.5 Å². The lowest BCUT2D eigenvalue weighted by atomic mass is 10.0. The van der Waals surface area contributed by atoms with Gasteiger partial charge in [-0.25, -0.2) is 8.78 Å². The maximum Gasteiger partial charge on any atom is 0.200 e. The second kappa shape index (κ2) is 5.66. The lowest BCUT2D eigenvalue weighted by Gasteiger charge is -2.08. The van der Waals surface area contributed by atoms with Crippen molar-refractivity contribution < 1.29 is 13.6 Å². The number of halogens is 4. The highest BCUT2D eigenvalue weighted by atomic mass is 127. The highest BCUT2D eigenvalue weighted by molar-refractivity contribution is 14.1. The molecule has 1 nitrogen and oxygen atoms in total. The summed E-state index contributed by atoms with van der Waals surface area (Å²) in [5, 5.41) is 0. The van der Waals surface area contributed by atoms with E-state index in [1.165, 1.54) is 13.0 Å². The van der Waals surface area contributed by atoms with E-state index < -0.39 is 23.0 Å². The fourth-order valence-electron chi connectivity index (χ4n) is 1.67. The number of ketones is 1. The Morgan fingerprint density at radius 1 is 1.21 bits per heavy atom. The standard InChI is InChI=1S/C14H8BrF2IO/c1-7-2-5-11(16)12(13(7)17)14(19)9-6-8(18)3-4-10(9)15/h2-6H,1H3. The van der Waals surface area contributed by atoms with E-state index in [2.05, 4.69) is 15.9 Å². The molecule has 98 valence electrons. The first-order valence-electron chi connectivity index (χ1n) is 5.36. The van der Waals surface area contributed by atoms with E-state index in [0.29, 0.717) is 4.47 Å². The molecule has 0 radical (unpaired) electrons. The van der Waals surface area contributed by atoms with E-state index in [4.69, 9.17) is 0 Å². The van der Waals surface area contributed by atoms with Crippen LogP contribution in [0.5, 0.6) is 0 Å². The molecule has 0 saturated carbocycles. The van der Waals surface area contributed by atoms with Gasteiger partial charge in [0.1, 0.15) is 11.6 Å². The van der Waals surface area contributed by atoms with Crippen LogP contribution in [0.4, 0.5) is 8.78 Å². The topological polar surface area (TPSA) is 17.1 Å². The van der Waals surface area contributed by atoms with Crippen LogP contribution in [-0.4, -0.2) is 5.78 Å². The van der Waals surface area contributed by atoms with Gasteiger partial charge in [0.2, 0.25) is 0 Å². The summed E-state index contributed by atoms with van der Waals surface area (Å²) in [6, 6.07) is 7.48. The summed E-state index contributed by atoms with van der Waals surface area (Å²) in [5.74, 6) is -2.32. The molecule has 0 heterocycles. The summed E-state index contributed by atoms with van der Waals surface area (Å²) >= 11 is 5.27. The molecule has 5 heteroatoms. The summed E-state index contributed by atoms with van der Waals surface area (Å²) in [7, 11) is 0. The average molecular weight is 437 g/mol. The zero-order valence-electron chi connectivity index (χ0n) is 9.81. The van der Waals surface area contributed by atoms with Crippen LogP contribution in [0.25, 0.3) is 0 Å². The zero-order valence-corrected chi connectivity index (χ0v) is 13.6. The molecule has 19 heavy (non-hydrogen) atoms. The normalized spacial score (nSPS) is 10.6. The van der Waals surface area contributed by atoms with Gasteiger partial charge in [-0.1, -0.05) is 22.0 Å². The first-order chi connectivity index (χ1) is 8.91. The van der Waals surface area contributed by atoms with Crippen molar-refractivity contribution in [2.75, 3.05) is 0 Å². The van der Waals surface area contributed by atoms with Gasteiger partial charge in [-0.05, 0) is 59.3 Å². The molecule has 2 rings (SSSR count). The van der Waals surface area contributed by atoms with Gasteiger partial charge in [-0.3, -0.25) is 4.79 Å². The van der Waals surface area contributed by atoms with Crippen molar-refractivity contribution in [2.24, 2.45) is 0 Å². The smallest absolute Gasteiger partial charge is 0.200 e. The van der Waals surface area contributed by atoms with Gasteiger partial charge in [-0.2, -0.15) is 0 Å². The number of benzene rings is 2. The van der Waals surface area contributed by atoms with E-state index in [-0.39, 0.29) is 11.1 Å². The Morgan fingerprint density at radius 2 is 1.89 bits per heavy atom. The molecule has 2 aromatic rings. The molecule has 0 aliphatic rings. The maximum atomic E-state index is 14.0. The average Bonchev–Trinajstić information content (AvgIpc) is 2.37. The molecule has 0 bridgehead atoms. The molecule has 0 aromatic heterocycles. The highest BCUT2D eigenvalue weighted by Crippen LogP contribution is 2.25. The third-order valence-electron chi connectivity index (χ3n) is 2.68. The summed E-state index contributed by atoms with van der Waals surface area (Å²) in [5.41, 5.74) is -0.0236. The lowest BCUT2D eigenvalue weighted by molar-refractivity contribution is 0.103. The van der Waals surface area contributed by atoms with Crippen molar-refractivity contribution >= 4 is 44.3 Å². The number of carbonyl (C=O) groups is 1. The third-order valence-corrected chi connectivity index (χ3v) is 4.05. The van der Waals surface area contributed by atoms with Gasteiger partial charge < -0.3 is 0 Å². The Kier molecular flexibility index (Phi) is 4.35. The van der Waals surface area contributed by atoms with E-state index in [9.17, 15) is 13.6 Å². The van der Waals surface area contributed by atoms with Crippen LogP contribution < -0.4 is 0 Å². The minimum atomic E-state index is -0.848. The highest BCUT2D eigenvalue weighted by Gasteiger charge is 2.22. The summed E-state index contributed by atoms with van der Waals surface area (Å²) in [6.45, 7) is 1.50. The van der Waals surface area contributed by atoms with Crippen LogP contribution in [0.15, 0.2) is 34.8 Å². The van der Waals surface area contributed by atoms with Gasteiger partial charge in [0, 0.05) is 13.6 Å². The van der Waals surface area contributed by atoms with Gasteiger partial charge >= 0.3 is 0 Å². The molecule has 0 aliphatic heterocycles. The van der Waals surface area contributed by atoms with E-state index in [1.807, 2.05) is 22.6 Å². The molecule has 0 amide bonds. The predicted octanol–water partition coefficient (Wildman–Crippen LogP) is 4.87. The SMILES string of the molecule is Cc1ccc(F)c(C(=O)c2cc(I)ccc2Br)c1F. The van der Waals surface area contributed by atoms with Crippen molar-refractivity contribution in [3.63, 3.8) is 0 Å². The minimum Gasteiger partial charge on any atom is -0.288 e. The quantitative estimate of drug-likeness (QED) is 0.484. The molecule has 0 aliphatic carbocycles. The third kappa shape index (κ3) is 2.86. The predicted molar refractivity (Wildman–Crippen MR) is 81.4 cm³/mol. The molecule has 0 fully saturated rings. The molecular weight excluding hydrogens is 429 g/mol. The number of rotatable bonds is 2. The Labute approximate surface area is 131 Å². The van der Waals surface area contributed by atoms with Gasteiger partial charge in [0.25, 0.3) is 0 Å². The molecule has 0 atom stereocenters. The molecular formula is C14H8BrF2IO. The summed E-state index contributed by atoms with van der Waals surface area (Å²) in [4.78, 5) is 12.3. The van der Waals surface area contributed by atoms with Crippen LogP contribution >= 0.6 is 38.5 Å². The number of carbonyl (C=O) groups excluding carboxylic acids is 1. The molecule has 0 N–H and O–H groups in total. The van der Waals surface area contributed by atoms with Crippen LogP contribution in [0.3, 0.4) is 0 Å². The van der Waals surface area contributed by atoms with Crippen LogP contribution in [-0.2, 0) is 0 Å². The van der Waals surface area contributed by atoms with Crippen molar-refractivity contribution in [1.29, 1.82) is 0 Å². The Balaban J connectivity index is 2.63. The molecule has 2 aromatic carbocycles. The molecule has 0 spiro atoms. The zero-order chi connectivity index (χ0) is 14.2. The van der Waals surface area contributed by atoms with Crippen LogP contribution in [0, 0.1) is 22.1 Å². The van der Waals surface area contributed by atoms with Gasteiger partial charge in [0.15, 0.2) is 5.78 Å². The fourth-order valence-corrected chi connectivity index (χ4v) is 2.59. The number of hydrogen-bond donors (Lipinski definition) is 0. The van der Waals surface area contributed by atoms with Gasteiger partial charge in [0.05, 0.1) is 5.56 Å². The first-order valence-corrected chi connectivity index (χ1v) is 7.23. The van der Waals surface area contributed by atoms with E-state index in [1.54, 1.807) is 18.2 Å². The lowest BCUT2D eigenvalue weighted by Crippen LogP contribution is -2.09. The minimum absolute atomic E-state index is 0.242. The van der Waals surface area contributed by atoms with Crippen LogP contribution in [0.2, 0.25) is 0 Å². The molecule has 0 saturated heterocycles. The monoisotopic (exact) mass is 436 g/mol. The van der Waals surface area contributed by atoms with Crippen molar-refractivity contribution in [2.45, 2.75) is 6.92 Å². The Bertz CT molecular complexity index is 671. The summed E-state index contributed by atoms with van der Waals surface area (Å²) in [6.07, 6.45) is 0.